The number of hydrogen-bond acceptors (Lipinski definition) is 2. The van der Waals surface area contributed by atoms with Crippen LogP contribution in [0.25, 0.3) is 0 Å². The molecule has 1 unspecified atom stereocenters. The summed E-state index contributed by atoms with van der Waals surface area (Å²) in [4.78, 5) is 15.2. The van der Waals surface area contributed by atoms with E-state index in [0.29, 0.717) is 11.8 Å². The minimum atomic E-state index is -0.00619. The van der Waals surface area contributed by atoms with Gasteiger partial charge in [0.25, 0.3) is 0 Å². The van der Waals surface area contributed by atoms with Crippen molar-refractivity contribution in [3.8, 4) is 5.75 Å². The van der Waals surface area contributed by atoms with E-state index in [1.54, 1.807) is 7.11 Å². The first kappa shape index (κ1) is 20.2. The van der Waals surface area contributed by atoms with E-state index in [4.69, 9.17) is 4.74 Å². The highest BCUT2D eigenvalue weighted by atomic mass is 16.5. The molecule has 2 aromatic rings. The molecule has 1 heterocycles. The van der Waals surface area contributed by atoms with Gasteiger partial charge in [0.15, 0.2) is 0 Å². The summed E-state index contributed by atoms with van der Waals surface area (Å²) in [6.45, 7) is 9.47. The van der Waals surface area contributed by atoms with Crippen LogP contribution >= 0.6 is 0 Å². The molecule has 1 aliphatic heterocycles. The standard InChI is InChI=1S/C24H32N2O2/c1-16(2)20-8-6-9-21(17(3)4)23(20)25-24(27)26-15-7-10-22(26)18-11-13-19(28-5)14-12-18/h6,8-9,11-14,16-17,22H,7,10,15H2,1-5H3,(H,25,27). The zero-order valence-corrected chi connectivity index (χ0v) is 17.7. The number of benzene rings is 2. The Kier molecular flexibility index (Phi) is 6.28. The van der Waals surface area contributed by atoms with Crippen LogP contribution in [0, 0.1) is 0 Å². The summed E-state index contributed by atoms with van der Waals surface area (Å²) in [7, 11) is 1.67. The zero-order chi connectivity index (χ0) is 20.3. The smallest absolute Gasteiger partial charge is 0.322 e. The van der Waals surface area contributed by atoms with Gasteiger partial charge >= 0.3 is 6.03 Å². The molecule has 3 rings (SSSR count). The molecule has 150 valence electrons. The first-order valence-corrected chi connectivity index (χ1v) is 10.3. The second-order valence-corrected chi connectivity index (χ2v) is 8.18. The number of nitrogens with zero attached hydrogens (tertiary/aromatic N) is 1. The topological polar surface area (TPSA) is 41.6 Å². The maximum atomic E-state index is 13.3. The van der Waals surface area contributed by atoms with Crippen molar-refractivity contribution in [3.63, 3.8) is 0 Å². The Morgan fingerprint density at radius 2 is 1.64 bits per heavy atom. The molecule has 4 heteroatoms. The summed E-state index contributed by atoms with van der Waals surface area (Å²) in [5.41, 5.74) is 4.53. The van der Waals surface area contributed by atoms with Gasteiger partial charge < -0.3 is 15.0 Å². The fourth-order valence-corrected chi connectivity index (χ4v) is 4.06. The molecule has 4 nitrogen and oxygen atoms in total. The fourth-order valence-electron chi connectivity index (χ4n) is 4.06. The molecule has 28 heavy (non-hydrogen) atoms. The molecule has 0 aliphatic carbocycles. The third-order valence-electron chi connectivity index (χ3n) is 5.62. The maximum Gasteiger partial charge on any atom is 0.322 e. The number of likely N-dealkylation sites (tertiary alicyclic amines) is 1. The lowest BCUT2D eigenvalue weighted by Gasteiger charge is -2.28. The molecule has 0 radical (unpaired) electrons. The Balaban J connectivity index is 1.86. The van der Waals surface area contributed by atoms with E-state index in [1.807, 2.05) is 17.0 Å². The summed E-state index contributed by atoms with van der Waals surface area (Å²) >= 11 is 0. The van der Waals surface area contributed by atoms with Gasteiger partial charge in [-0.2, -0.15) is 0 Å². The average Bonchev–Trinajstić information content (AvgIpc) is 3.17. The second-order valence-electron chi connectivity index (χ2n) is 8.18. The van der Waals surface area contributed by atoms with Crippen LogP contribution < -0.4 is 10.1 Å². The van der Waals surface area contributed by atoms with Crippen molar-refractivity contribution in [3.05, 3.63) is 59.2 Å². The van der Waals surface area contributed by atoms with E-state index in [9.17, 15) is 4.79 Å². The molecular formula is C24H32N2O2. The van der Waals surface area contributed by atoms with E-state index in [2.05, 4.69) is 63.3 Å². The van der Waals surface area contributed by atoms with Crippen LogP contribution in [0.3, 0.4) is 0 Å². The number of ether oxygens (including phenoxy) is 1. The van der Waals surface area contributed by atoms with Crippen molar-refractivity contribution in [1.29, 1.82) is 0 Å². The first-order chi connectivity index (χ1) is 13.4. The highest BCUT2D eigenvalue weighted by Crippen LogP contribution is 2.36. The van der Waals surface area contributed by atoms with Crippen molar-refractivity contribution in [2.24, 2.45) is 0 Å². The minimum absolute atomic E-state index is 0.00619. The molecule has 1 saturated heterocycles. The third-order valence-corrected chi connectivity index (χ3v) is 5.62. The summed E-state index contributed by atoms with van der Waals surface area (Å²) in [5.74, 6) is 1.54. The fraction of sp³-hybridized carbons (Fsp3) is 0.458. The number of para-hydroxylation sites is 1. The average molecular weight is 381 g/mol. The van der Waals surface area contributed by atoms with Crippen LogP contribution in [0.5, 0.6) is 5.75 Å². The number of amides is 2. The molecular weight excluding hydrogens is 348 g/mol. The summed E-state index contributed by atoms with van der Waals surface area (Å²) < 4.78 is 5.26. The van der Waals surface area contributed by atoms with Crippen molar-refractivity contribution in [2.75, 3.05) is 19.0 Å². The van der Waals surface area contributed by atoms with Crippen molar-refractivity contribution >= 4 is 11.7 Å². The Morgan fingerprint density at radius 1 is 1.04 bits per heavy atom. The van der Waals surface area contributed by atoms with Gasteiger partial charge in [-0.1, -0.05) is 58.0 Å². The Morgan fingerprint density at radius 3 is 2.18 bits per heavy atom. The lowest BCUT2D eigenvalue weighted by molar-refractivity contribution is 0.207. The number of hydrogen-bond donors (Lipinski definition) is 1. The van der Waals surface area contributed by atoms with Gasteiger partial charge in [0.2, 0.25) is 0 Å². The van der Waals surface area contributed by atoms with Crippen LogP contribution in [0.1, 0.15) is 75.1 Å². The minimum Gasteiger partial charge on any atom is -0.497 e. The molecule has 2 amide bonds. The van der Waals surface area contributed by atoms with E-state index in [0.717, 1.165) is 36.4 Å². The predicted octanol–water partition coefficient (Wildman–Crippen LogP) is 6.31. The van der Waals surface area contributed by atoms with Crippen LogP contribution in [0.4, 0.5) is 10.5 Å². The van der Waals surface area contributed by atoms with E-state index in [1.165, 1.54) is 11.1 Å². The zero-order valence-electron chi connectivity index (χ0n) is 17.7. The molecule has 0 spiro atoms. The van der Waals surface area contributed by atoms with E-state index < -0.39 is 0 Å². The van der Waals surface area contributed by atoms with Gasteiger partial charge in [0, 0.05) is 12.2 Å². The highest BCUT2D eigenvalue weighted by molar-refractivity contribution is 5.92. The lowest BCUT2D eigenvalue weighted by Crippen LogP contribution is -2.35. The number of methoxy groups -OCH3 is 1. The van der Waals surface area contributed by atoms with E-state index >= 15 is 0 Å². The lowest BCUT2D eigenvalue weighted by atomic mass is 9.92. The van der Waals surface area contributed by atoms with E-state index in [-0.39, 0.29) is 12.1 Å². The number of nitrogens with one attached hydrogen (secondary N) is 1. The van der Waals surface area contributed by atoms with Gasteiger partial charge in [-0.25, -0.2) is 4.79 Å². The second kappa shape index (κ2) is 8.68. The summed E-state index contributed by atoms with van der Waals surface area (Å²) in [6.07, 6.45) is 2.01. The highest BCUT2D eigenvalue weighted by Gasteiger charge is 2.31. The molecule has 1 aliphatic rings. The van der Waals surface area contributed by atoms with Crippen molar-refractivity contribution in [2.45, 2.75) is 58.4 Å². The van der Waals surface area contributed by atoms with Crippen LogP contribution in [0.15, 0.2) is 42.5 Å². The van der Waals surface area contributed by atoms with Crippen molar-refractivity contribution < 1.29 is 9.53 Å². The molecule has 0 saturated carbocycles. The van der Waals surface area contributed by atoms with Crippen molar-refractivity contribution in [1.82, 2.24) is 4.90 Å². The molecule has 1 fully saturated rings. The Hall–Kier alpha value is -2.49. The first-order valence-electron chi connectivity index (χ1n) is 10.3. The Labute approximate surface area is 168 Å². The molecule has 0 bridgehead atoms. The van der Waals surface area contributed by atoms with Gasteiger partial charge in [-0.05, 0) is 53.5 Å². The predicted molar refractivity (Wildman–Crippen MR) is 115 cm³/mol. The maximum absolute atomic E-state index is 13.3. The number of carbonyl (C=O) groups is 1. The summed E-state index contributed by atoms with van der Waals surface area (Å²) in [6, 6.07) is 14.5. The quantitative estimate of drug-likeness (QED) is 0.660. The van der Waals surface area contributed by atoms with Crippen LogP contribution in [0.2, 0.25) is 0 Å². The number of rotatable bonds is 5. The molecule has 1 atom stereocenters. The molecule has 1 N–H and O–H groups in total. The molecule has 0 aromatic heterocycles. The normalized spacial score (nSPS) is 16.7. The van der Waals surface area contributed by atoms with Crippen LogP contribution in [-0.2, 0) is 0 Å². The SMILES string of the molecule is COc1ccc(C2CCCN2C(=O)Nc2c(C(C)C)cccc2C(C)C)cc1. The van der Waals surface area contributed by atoms with Gasteiger partial charge in [-0.3, -0.25) is 0 Å². The third kappa shape index (κ3) is 4.16. The van der Waals surface area contributed by atoms with Gasteiger partial charge in [0.05, 0.1) is 13.2 Å². The van der Waals surface area contributed by atoms with Gasteiger partial charge in [0.1, 0.15) is 5.75 Å². The monoisotopic (exact) mass is 380 g/mol. The number of urea groups is 1. The largest absolute Gasteiger partial charge is 0.497 e. The Bertz CT molecular complexity index is 786. The van der Waals surface area contributed by atoms with Crippen LogP contribution in [-0.4, -0.2) is 24.6 Å². The number of carbonyl (C=O) groups excluding carboxylic acids is 1. The molecule has 2 aromatic carbocycles. The summed E-state index contributed by atoms with van der Waals surface area (Å²) in [5, 5.41) is 3.27. The number of anilines is 1. The van der Waals surface area contributed by atoms with Gasteiger partial charge in [-0.15, -0.1) is 0 Å².